The van der Waals surface area contributed by atoms with Crippen LogP contribution in [0.3, 0.4) is 0 Å². The largest absolute Gasteiger partial charge is 0.444 e. The molecule has 25 heavy (non-hydrogen) atoms. The van der Waals surface area contributed by atoms with E-state index in [1.54, 1.807) is 0 Å². The molecule has 0 saturated carbocycles. The number of aromatic amines is 1. The van der Waals surface area contributed by atoms with Crippen molar-refractivity contribution in [3.8, 4) is 0 Å². The third-order valence-corrected chi connectivity index (χ3v) is 2.88. The molecule has 6 nitrogen and oxygen atoms in total. The molecule has 0 aliphatic heterocycles. The van der Waals surface area contributed by atoms with E-state index in [0.29, 0.717) is 24.7 Å². The van der Waals surface area contributed by atoms with Crippen LogP contribution in [0.25, 0.3) is 0 Å². The van der Waals surface area contributed by atoms with Crippen LogP contribution in [-0.2, 0) is 11.2 Å². The molecule has 1 unspecified atom stereocenters. The van der Waals surface area contributed by atoms with Crippen LogP contribution < -0.4 is 5.32 Å². The van der Waals surface area contributed by atoms with Crippen LogP contribution in [0, 0.1) is 16.7 Å². The molecular weight excluding hydrogens is 338 g/mol. The Bertz CT molecular complexity index is 504. The molecule has 1 rings (SSSR count). The van der Waals surface area contributed by atoms with E-state index in [-0.39, 0.29) is 10.8 Å². The summed E-state index contributed by atoms with van der Waals surface area (Å²) >= 11 is 4.84. The van der Waals surface area contributed by atoms with Gasteiger partial charge in [0.05, 0.1) is 0 Å². The molecule has 0 aromatic carbocycles. The van der Waals surface area contributed by atoms with E-state index in [1.165, 1.54) is 0 Å². The number of ether oxygens (including phenoxy) is 1. The minimum Gasteiger partial charge on any atom is -0.444 e. The van der Waals surface area contributed by atoms with Gasteiger partial charge >= 0.3 is 10.9 Å². The van der Waals surface area contributed by atoms with Crippen molar-refractivity contribution in [2.75, 3.05) is 6.54 Å². The highest BCUT2D eigenvalue weighted by molar-refractivity contribution is 7.71. The van der Waals surface area contributed by atoms with Gasteiger partial charge in [0.25, 0.3) is 0 Å². The van der Waals surface area contributed by atoms with E-state index in [2.05, 4.69) is 29.3 Å². The number of aromatic nitrogens is 2. The quantitative estimate of drug-likeness (QED) is 0.640. The van der Waals surface area contributed by atoms with Crippen molar-refractivity contribution in [1.29, 1.82) is 0 Å². The molecule has 0 aliphatic rings. The monoisotopic (exact) mass is 375 g/mol. The maximum absolute atomic E-state index is 11.7. The van der Waals surface area contributed by atoms with Crippen LogP contribution in [0.1, 0.15) is 74.6 Å². The van der Waals surface area contributed by atoms with Crippen LogP contribution in [0.15, 0.2) is 4.52 Å². The van der Waals surface area contributed by atoms with E-state index in [0.717, 1.165) is 6.42 Å². The Kier molecular flexibility index (Phi) is 14.3. The summed E-state index contributed by atoms with van der Waals surface area (Å²) in [7, 11) is 0. The van der Waals surface area contributed by atoms with Gasteiger partial charge in [-0.2, -0.15) is 4.98 Å². The predicted octanol–water partition coefficient (Wildman–Crippen LogP) is 5.51. The summed E-state index contributed by atoms with van der Waals surface area (Å²) in [6, 6.07) is 0. The van der Waals surface area contributed by atoms with Crippen LogP contribution in [-0.4, -0.2) is 28.4 Å². The first kappa shape index (κ1) is 25.9. The normalized spacial score (nSPS) is 11.6. The van der Waals surface area contributed by atoms with Crippen LogP contribution in [0.5, 0.6) is 0 Å². The van der Waals surface area contributed by atoms with Gasteiger partial charge in [0.2, 0.25) is 0 Å². The average molecular weight is 376 g/mol. The number of hydrogen-bond acceptors (Lipinski definition) is 5. The molecule has 0 saturated heterocycles. The fraction of sp³-hybridized carbons (Fsp3) is 0.833. The lowest BCUT2D eigenvalue weighted by atomic mass is 9.94. The Balaban J connectivity index is 0. The third-order valence-electron chi connectivity index (χ3n) is 2.70. The number of carbonyl (C=O) groups is 1. The lowest BCUT2D eigenvalue weighted by Crippen LogP contribution is -2.36. The first-order chi connectivity index (χ1) is 11.7. The first-order valence-corrected chi connectivity index (χ1v) is 9.58. The summed E-state index contributed by atoms with van der Waals surface area (Å²) in [4.78, 5) is 16.0. The molecule has 1 aromatic rings. The molecule has 1 aromatic heterocycles. The van der Waals surface area contributed by atoms with E-state index < -0.39 is 11.7 Å². The lowest BCUT2D eigenvalue weighted by molar-refractivity contribution is 0.0516. The second-order valence-corrected chi connectivity index (χ2v) is 6.96. The topological polar surface area (TPSA) is 80.2 Å². The minimum absolute atomic E-state index is 0.202. The van der Waals surface area contributed by atoms with Crippen LogP contribution in [0.2, 0.25) is 0 Å². The van der Waals surface area contributed by atoms with Crippen molar-refractivity contribution >= 4 is 18.3 Å². The smallest absolute Gasteiger partial charge is 0.407 e. The van der Waals surface area contributed by atoms with Gasteiger partial charge in [-0.15, -0.1) is 0 Å². The molecule has 0 bridgehead atoms. The van der Waals surface area contributed by atoms with E-state index in [9.17, 15) is 4.79 Å². The van der Waals surface area contributed by atoms with E-state index in [1.807, 2.05) is 48.5 Å². The Morgan fingerprint density at radius 2 is 1.84 bits per heavy atom. The maximum Gasteiger partial charge on any atom is 0.407 e. The van der Waals surface area contributed by atoms with Crippen molar-refractivity contribution < 1.29 is 14.1 Å². The van der Waals surface area contributed by atoms with Gasteiger partial charge in [-0.1, -0.05) is 41.5 Å². The Hall–Kier alpha value is -1.37. The zero-order chi connectivity index (χ0) is 20.0. The summed E-state index contributed by atoms with van der Waals surface area (Å²) < 4.78 is 10.2. The number of H-pyrrole nitrogens is 1. The maximum atomic E-state index is 11.7. The summed E-state index contributed by atoms with van der Waals surface area (Å²) in [5.74, 6) is 1.47. The Labute approximate surface area is 158 Å². The lowest BCUT2D eigenvalue weighted by Gasteiger charge is -2.22. The van der Waals surface area contributed by atoms with Gasteiger partial charge in [-0.05, 0) is 51.2 Å². The Morgan fingerprint density at radius 1 is 1.28 bits per heavy atom. The molecule has 148 valence electrons. The molecular formula is C18H37N3O3S. The second kappa shape index (κ2) is 13.9. The van der Waals surface area contributed by atoms with Gasteiger partial charge in [-0.3, -0.25) is 0 Å². The zero-order valence-electron chi connectivity index (χ0n) is 17.4. The van der Waals surface area contributed by atoms with Crippen molar-refractivity contribution in [2.24, 2.45) is 11.8 Å². The summed E-state index contributed by atoms with van der Waals surface area (Å²) in [5, 5.41) is 5.51. The number of hydrogen-bond donors (Lipinski definition) is 2. The van der Waals surface area contributed by atoms with Crippen LogP contribution in [0.4, 0.5) is 4.79 Å². The fourth-order valence-electron chi connectivity index (χ4n) is 2.07. The summed E-state index contributed by atoms with van der Waals surface area (Å²) in [5.41, 5.74) is -0.491. The molecule has 1 atom stereocenters. The SMILES string of the molecule is CC.CC.CC(C)CC(CNC(=O)OC(C)(C)C)Cc1nc(=S)o[nH]1. The molecule has 1 amide bonds. The van der Waals surface area contributed by atoms with Gasteiger partial charge < -0.3 is 14.6 Å². The number of carbonyl (C=O) groups excluding carboxylic acids is 1. The molecule has 0 spiro atoms. The van der Waals surface area contributed by atoms with E-state index in [4.69, 9.17) is 21.5 Å². The van der Waals surface area contributed by atoms with Crippen molar-refractivity contribution in [3.63, 3.8) is 0 Å². The first-order valence-electron chi connectivity index (χ1n) is 9.17. The van der Waals surface area contributed by atoms with E-state index >= 15 is 0 Å². The predicted molar refractivity (Wildman–Crippen MR) is 105 cm³/mol. The molecule has 7 heteroatoms. The van der Waals surface area contributed by atoms with Crippen molar-refractivity contribution in [3.05, 3.63) is 10.7 Å². The highest BCUT2D eigenvalue weighted by Crippen LogP contribution is 2.15. The number of nitrogens with one attached hydrogen (secondary N) is 2. The summed E-state index contributed by atoms with van der Waals surface area (Å²) in [6.07, 6.45) is 1.24. The standard InChI is InChI=1S/C14H25N3O3S.2C2H6/c1-9(2)6-10(7-11-16-13(21)20-17-11)8-15-12(18)19-14(3,4)5;2*1-2/h9-10H,6-8H2,1-5H3,(H,15,18)(H,16,17,21);2*1-2H3. The number of nitrogens with zero attached hydrogens (tertiary/aromatic N) is 1. The van der Waals surface area contributed by atoms with Crippen molar-refractivity contribution in [2.45, 2.75) is 80.8 Å². The average Bonchev–Trinajstić information content (AvgIpc) is 2.92. The van der Waals surface area contributed by atoms with Gasteiger partial charge in [0, 0.05) is 13.0 Å². The van der Waals surface area contributed by atoms with Crippen molar-refractivity contribution in [1.82, 2.24) is 15.5 Å². The third kappa shape index (κ3) is 14.7. The van der Waals surface area contributed by atoms with Gasteiger partial charge in [0.15, 0.2) is 0 Å². The highest BCUT2D eigenvalue weighted by atomic mass is 32.1. The molecule has 0 aliphatic carbocycles. The Morgan fingerprint density at radius 3 is 2.24 bits per heavy atom. The number of amides is 1. The molecule has 0 radical (unpaired) electrons. The fourth-order valence-corrected chi connectivity index (χ4v) is 2.22. The number of rotatable bonds is 6. The van der Waals surface area contributed by atoms with Gasteiger partial charge in [0.1, 0.15) is 11.4 Å². The second-order valence-electron chi connectivity index (χ2n) is 6.61. The molecule has 0 fully saturated rings. The van der Waals surface area contributed by atoms with Gasteiger partial charge in [-0.25, -0.2) is 9.95 Å². The van der Waals surface area contributed by atoms with Crippen LogP contribution >= 0.6 is 12.2 Å². The summed E-state index contributed by atoms with van der Waals surface area (Å²) in [6.45, 7) is 18.3. The highest BCUT2D eigenvalue weighted by Gasteiger charge is 2.19. The minimum atomic E-state index is -0.491. The molecule has 1 heterocycles. The zero-order valence-corrected chi connectivity index (χ0v) is 18.2. The number of alkyl carbamates (subject to hydrolysis) is 1. The molecule has 2 N–H and O–H groups in total.